The first-order chi connectivity index (χ1) is 13.8. The second-order valence-electron chi connectivity index (χ2n) is 7.31. The molecule has 1 saturated heterocycles. The van der Waals surface area contributed by atoms with Gasteiger partial charge >= 0.3 is 0 Å². The summed E-state index contributed by atoms with van der Waals surface area (Å²) in [5.41, 5.74) is 1.27. The number of anilines is 1. The van der Waals surface area contributed by atoms with E-state index in [-0.39, 0.29) is 18.5 Å². The fourth-order valence-corrected chi connectivity index (χ4v) is 3.66. The third-order valence-corrected chi connectivity index (χ3v) is 5.14. The SMILES string of the molecule is Cl.OC(COCC1COc2ccccc2O1)CN1CCN(c2ccccc2)CC1. The van der Waals surface area contributed by atoms with Crippen LogP contribution in [-0.4, -0.2) is 74.8 Å². The molecule has 0 aromatic heterocycles. The van der Waals surface area contributed by atoms with Crippen LogP contribution in [0.1, 0.15) is 0 Å². The van der Waals surface area contributed by atoms with Gasteiger partial charge in [0.15, 0.2) is 17.6 Å². The molecule has 0 radical (unpaired) electrons. The van der Waals surface area contributed by atoms with Crippen molar-refractivity contribution < 1.29 is 19.3 Å². The van der Waals surface area contributed by atoms with E-state index in [1.54, 1.807) is 0 Å². The molecule has 1 fully saturated rings. The monoisotopic (exact) mass is 420 g/mol. The molecule has 2 aromatic carbocycles. The van der Waals surface area contributed by atoms with E-state index in [9.17, 15) is 5.11 Å². The van der Waals surface area contributed by atoms with Gasteiger partial charge in [0.2, 0.25) is 0 Å². The Hall–Kier alpha value is -1.99. The molecule has 2 atom stereocenters. The summed E-state index contributed by atoms with van der Waals surface area (Å²) >= 11 is 0. The number of halogens is 1. The predicted molar refractivity (Wildman–Crippen MR) is 116 cm³/mol. The van der Waals surface area contributed by atoms with E-state index in [4.69, 9.17) is 14.2 Å². The molecule has 0 bridgehead atoms. The van der Waals surface area contributed by atoms with Crippen LogP contribution >= 0.6 is 12.4 Å². The standard InChI is InChI=1S/C22H28N2O4.ClH/c25-19(14-23-10-12-24(13-11-23)18-6-2-1-3-7-18)15-26-16-20-17-27-21-8-4-5-9-22(21)28-20;/h1-9,19-20,25H,10-17H2;1H. The minimum absolute atomic E-state index is 0. The Labute approximate surface area is 178 Å². The Kier molecular flexibility index (Phi) is 8.00. The molecule has 2 aliphatic rings. The number of hydrogen-bond acceptors (Lipinski definition) is 6. The van der Waals surface area contributed by atoms with Gasteiger partial charge in [-0.25, -0.2) is 0 Å². The molecule has 0 amide bonds. The van der Waals surface area contributed by atoms with Crippen molar-refractivity contribution in [3.8, 4) is 11.5 Å². The molecule has 0 aliphatic carbocycles. The van der Waals surface area contributed by atoms with Gasteiger partial charge < -0.3 is 24.2 Å². The molecular formula is C22H29ClN2O4. The van der Waals surface area contributed by atoms with Crippen LogP contribution in [0.2, 0.25) is 0 Å². The molecule has 2 heterocycles. The van der Waals surface area contributed by atoms with E-state index < -0.39 is 6.10 Å². The number of β-amino-alcohol motifs (C(OH)–C–C–N with tert-alkyl or cyclic N) is 1. The summed E-state index contributed by atoms with van der Waals surface area (Å²) in [6, 6.07) is 18.1. The molecule has 2 unspecified atom stereocenters. The van der Waals surface area contributed by atoms with Crippen molar-refractivity contribution in [3.05, 3.63) is 54.6 Å². The van der Waals surface area contributed by atoms with Gasteiger partial charge in [-0.2, -0.15) is 0 Å². The molecule has 158 valence electrons. The average Bonchev–Trinajstić information content (AvgIpc) is 2.75. The van der Waals surface area contributed by atoms with Gasteiger partial charge in [0.1, 0.15) is 6.61 Å². The summed E-state index contributed by atoms with van der Waals surface area (Å²) in [4.78, 5) is 4.68. The lowest BCUT2D eigenvalue weighted by atomic mass is 10.2. The van der Waals surface area contributed by atoms with Crippen LogP contribution in [0.15, 0.2) is 54.6 Å². The zero-order chi connectivity index (χ0) is 19.2. The summed E-state index contributed by atoms with van der Waals surface area (Å²) in [6.07, 6.45) is -0.642. The normalized spacial score (nSPS) is 20.0. The smallest absolute Gasteiger partial charge is 0.161 e. The maximum Gasteiger partial charge on any atom is 0.161 e. The van der Waals surface area contributed by atoms with Crippen molar-refractivity contribution in [2.45, 2.75) is 12.2 Å². The fraction of sp³-hybridized carbons (Fsp3) is 0.455. The Morgan fingerprint density at radius 3 is 2.41 bits per heavy atom. The highest BCUT2D eigenvalue weighted by Gasteiger charge is 2.22. The summed E-state index contributed by atoms with van der Waals surface area (Å²) in [5.74, 6) is 1.52. The van der Waals surface area contributed by atoms with Crippen LogP contribution in [0.3, 0.4) is 0 Å². The summed E-state index contributed by atoms with van der Waals surface area (Å²) in [6.45, 7) is 5.66. The van der Waals surface area contributed by atoms with Gasteiger partial charge in [-0.1, -0.05) is 30.3 Å². The van der Waals surface area contributed by atoms with E-state index >= 15 is 0 Å². The first-order valence-corrected chi connectivity index (χ1v) is 9.94. The third-order valence-electron chi connectivity index (χ3n) is 5.14. The minimum Gasteiger partial charge on any atom is -0.486 e. The Bertz CT molecular complexity index is 741. The maximum absolute atomic E-state index is 10.3. The van der Waals surface area contributed by atoms with Crippen LogP contribution in [-0.2, 0) is 4.74 Å². The lowest BCUT2D eigenvalue weighted by molar-refractivity contribution is -0.0292. The third kappa shape index (κ3) is 6.00. The van der Waals surface area contributed by atoms with E-state index in [0.29, 0.717) is 26.4 Å². The second kappa shape index (κ2) is 10.7. The van der Waals surface area contributed by atoms with Crippen molar-refractivity contribution >= 4 is 18.1 Å². The number of nitrogens with zero attached hydrogens (tertiary/aromatic N) is 2. The zero-order valence-corrected chi connectivity index (χ0v) is 17.3. The number of para-hydroxylation sites is 3. The fourth-order valence-electron chi connectivity index (χ4n) is 3.66. The molecule has 2 aliphatic heterocycles. The second-order valence-corrected chi connectivity index (χ2v) is 7.31. The van der Waals surface area contributed by atoms with E-state index in [0.717, 1.165) is 37.7 Å². The molecule has 7 heteroatoms. The van der Waals surface area contributed by atoms with Crippen molar-refractivity contribution in [1.29, 1.82) is 0 Å². The van der Waals surface area contributed by atoms with Crippen LogP contribution < -0.4 is 14.4 Å². The van der Waals surface area contributed by atoms with Gasteiger partial charge in [-0.15, -0.1) is 12.4 Å². The minimum atomic E-state index is -0.500. The van der Waals surface area contributed by atoms with Crippen LogP contribution in [0.25, 0.3) is 0 Å². The average molecular weight is 421 g/mol. The molecule has 0 saturated carbocycles. The number of hydrogen-bond donors (Lipinski definition) is 1. The highest BCUT2D eigenvalue weighted by molar-refractivity contribution is 5.85. The number of rotatable bonds is 7. The number of ether oxygens (including phenoxy) is 3. The molecule has 1 N–H and O–H groups in total. The molecule has 29 heavy (non-hydrogen) atoms. The van der Waals surface area contributed by atoms with Crippen LogP contribution in [0.5, 0.6) is 11.5 Å². The lowest BCUT2D eigenvalue weighted by Gasteiger charge is -2.36. The number of fused-ring (bicyclic) bond motifs is 1. The highest BCUT2D eigenvalue weighted by atomic mass is 35.5. The number of aliphatic hydroxyl groups is 1. The van der Waals surface area contributed by atoms with Crippen LogP contribution in [0.4, 0.5) is 5.69 Å². The summed E-state index contributed by atoms with van der Waals surface area (Å²) in [5, 5.41) is 10.3. The predicted octanol–water partition coefficient (Wildman–Crippen LogP) is 2.45. The Morgan fingerprint density at radius 2 is 1.66 bits per heavy atom. The first-order valence-electron chi connectivity index (χ1n) is 9.94. The van der Waals surface area contributed by atoms with Gasteiger partial charge in [-0.05, 0) is 24.3 Å². The highest BCUT2D eigenvalue weighted by Crippen LogP contribution is 2.30. The first kappa shape index (κ1) is 21.7. The van der Waals surface area contributed by atoms with Crippen LogP contribution in [0, 0.1) is 0 Å². The molecule has 2 aromatic rings. The lowest BCUT2D eigenvalue weighted by Crippen LogP contribution is -2.49. The largest absolute Gasteiger partial charge is 0.486 e. The number of piperazine rings is 1. The Balaban J connectivity index is 0.00000240. The molecule has 4 rings (SSSR count). The summed E-state index contributed by atoms with van der Waals surface area (Å²) < 4.78 is 17.2. The Morgan fingerprint density at radius 1 is 0.966 bits per heavy atom. The zero-order valence-electron chi connectivity index (χ0n) is 16.5. The molecule has 0 spiro atoms. The molecule has 6 nitrogen and oxygen atoms in total. The van der Waals surface area contributed by atoms with Crippen molar-refractivity contribution in [2.24, 2.45) is 0 Å². The quantitative estimate of drug-likeness (QED) is 0.742. The van der Waals surface area contributed by atoms with Gasteiger partial charge in [-0.3, -0.25) is 4.90 Å². The topological polar surface area (TPSA) is 54.4 Å². The van der Waals surface area contributed by atoms with Crippen molar-refractivity contribution in [2.75, 3.05) is 57.4 Å². The number of aliphatic hydroxyl groups excluding tert-OH is 1. The maximum atomic E-state index is 10.3. The molecular weight excluding hydrogens is 392 g/mol. The number of benzene rings is 2. The summed E-state index contributed by atoms with van der Waals surface area (Å²) in [7, 11) is 0. The van der Waals surface area contributed by atoms with Crippen molar-refractivity contribution in [1.82, 2.24) is 4.90 Å². The van der Waals surface area contributed by atoms with Gasteiger partial charge in [0.25, 0.3) is 0 Å². The van der Waals surface area contributed by atoms with E-state index in [1.165, 1.54) is 5.69 Å². The van der Waals surface area contributed by atoms with Crippen molar-refractivity contribution in [3.63, 3.8) is 0 Å². The van der Waals surface area contributed by atoms with E-state index in [2.05, 4.69) is 34.1 Å². The van der Waals surface area contributed by atoms with E-state index in [1.807, 2.05) is 30.3 Å². The van der Waals surface area contributed by atoms with Gasteiger partial charge in [0, 0.05) is 38.4 Å². The van der Waals surface area contributed by atoms with Gasteiger partial charge in [0.05, 0.1) is 19.3 Å².